The first-order chi connectivity index (χ1) is 11.8. The Hall–Kier alpha value is -1.95. The van der Waals surface area contributed by atoms with Gasteiger partial charge in [0, 0.05) is 42.8 Å². The quantitative estimate of drug-likeness (QED) is 0.889. The highest BCUT2D eigenvalue weighted by molar-refractivity contribution is 6.31. The lowest BCUT2D eigenvalue weighted by molar-refractivity contribution is -0.131. The fourth-order valence-corrected chi connectivity index (χ4v) is 2.98. The van der Waals surface area contributed by atoms with Crippen LogP contribution in [0.15, 0.2) is 12.1 Å². The molecule has 1 aromatic rings. The third kappa shape index (κ3) is 5.01. The molecular weight excluding hydrogens is 342 g/mol. The first kappa shape index (κ1) is 19.4. The number of nitrogens with one attached hydrogen (secondary N) is 1. The molecule has 0 aromatic heterocycles. The first-order valence-corrected chi connectivity index (χ1v) is 8.85. The van der Waals surface area contributed by atoms with E-state index in [-0.39, 0.29) is 24.4 Å². The Balaban J connectivity index is 1.95. The molecule has 0 radical (unpaired) electrons. The summed E-state index contributed by atoms with van der Waals surface area (Å²) in [6.45, 7) is 7.90. The summed E-state index contributed by atoms with van der Waals surface area (Å²) >= 11 is 6.18. The van der Waals surface area contributed by atoms with Crippen molar-refractivity contribution in [2.24, 2.45) is 0 Å². The van der Waals surface area contributed by atoms with Crippen LogP contribution in [0.2, 0.25) is 5.02 Å². The number of rotatable bonds is 4. The highest BCUT2D eigenvalue weighted by Gasteiger charge is 2.25. The Morgan fingerprint density at radius 1 is 1.20 bits per heavy atom. The summed E-state index contributed by atoms with van der Waals surface area (Å²) in [6, 6.07) is 3.67. The number of amides is 3. The molecule has 1 aliphatic heterocycles. The van der Waals surface area contributed by atoms with Gasteiger partial charge >= 0.3 is 6.03 Å². The van der Waals surface area contributed by atoms with E-state index < -0.39 is 0 Å². The Morgan fingerprint density at radius 2 is 1.80 bits per heavy atom. The summed E-state index contributed by atoms with van der Waals surface area (Å²) in [4.78, 5) is 28.1. The largest absolute Gasteiger partial charge is 0.496 e. The molecule has 1 fully saturated rings. The molecule has 1 aliphatic rings. The average Bonchev–Trinajstić information content (AvgIpc) is 2.57. The highest BCUT2D eigenvalue weighted by atomic mass is 35.5. The summed E-state index contributed by atoms with van der Waals surface area (Å²) in [5, 5.41) is 3.50. The molecule has 0 saturated carbocycles. The van der Waals surface area contributed by atoms with Crippen molar-refractivity contribution in [3.8, 4) is 5.75 Å². The maximum absolute atomic E-state index is 12.6. The topological polar surface area (TPSA) is 61.9 Å². The summed E-state index contributed by atoms with van der Waals surface area (Å²) in [5.41, 5.74) is 1.70. The number of hydrogen-bond acceptors (Lipinski definition) is 3. The van der Waals surface area contributed by atoms with Crippen LogP contribution in [-0.2, 0) is 11.2 Å². The van der Waals surface area contributed by atoms with Gasteiger partial charge in [-0.15, -0.1) is 0 Å². The summed E-state index contributed by atoms with van der Waals surface area (Å²) in [6.07, 6.45) is 0.237. The molecule has 1 N–H and O–H groups in total. The van der Waals surface area contributed by atoms with Crippen LogP contribution in [0.25, 0.3) is 0 Å². The first-order valence-electron chi connectivity index (χ1n) is 8.48. The van der Waals surface area contributed by atoms with E-state index in [1.54, 1.807) is 23.0 Å². The normalized spacial score (nSPS) is 14.6. The number of aryl methyl sites for hydroxylation is 1. The second-order valence-electron chi connectivity index (χ2n) is 6.56. The molecule has 1 aromatic carbocycles. The number of benzene rings is 1. The van der Waals surface area contributed by atoms with Crippen LogP contribution in [0, 0.1) is 6.92 Å². The Labute approximate surface area is 154 Å². The maximum Gasteiger partial charge on any atom is 0.317 e. The molecule has 138 valence electrons. The van der Waals surface area contributed by atoms with Gasteiger partial charge in [0.1, 0.15) is 5.75 Å². The van der Waals surface area contributed by atoms with E-state index >= 15 is 0 Å². The van der Waals surface area contributed by atoms with Crippen LogP contribution in [0.1, 0.15) is 25.0 Å². The van der Waals surface area contributed by atoms with Gasteiger partial charge in [0.05, 0.1) is 13.5 Å². The fourth-order valence-electron chi connectivity index (χ4n) is 2.80. The number of ether oxygens (including phenoxy) is 1. The van der Waals surface area contributed by atoms with Gasteiger partial charge in [0.15, 0.2) is 0 Å². The lowest BCUT2D eigenvalue weighted by Crippen LogP contribution is -2.54. The molecule has 0 bridgehead atoms. The van der Waals surface area contributed by atoms with Crippen LogP contribution in [0.3, 0.4) is 0 Å². The van der Waals surface area contributed by atoms with Gasteiger partial charge in [-0.3, -0.25) is 4.79 Å². The van der Waals surface area contributed by atoms with Gasteiger partial charge in [0.25, 0.3) is 0 Å². The molecular formula is C18H26ClN3O3. The summed E-state index contributed by atoms with van der Waals surface area (Å²) in [5.74, 6) is 0.687. The van der Waals surface area contributed by atoms with Crippen molar-refractivity contribution in [2.75, 3.05) is 33.3 Å². The molecule has 3 amide bonds. The standard InChI is InChI=1S/C18H26ClN3O3/c1-12(2)20-18(24)22-7-5-21(6-8-22)17(23)11-14-10-15(19)13(3)9-16(14)25-4/h9-10,12H,5-8,11H2,1-4H3,(H,20,24). The van der Waals surface area contributed by atoms with E-state index in [1.165, 1.54) is 0 Å². The molecule has 2 rings (SSSR count). The van der Waals surface area contributed by atoms with Crippen LogP contribution in [-0.4, -0.2) is 61.1 Å². The van der Waals surface area contributed by atoms with E-state index in [9.17, 15) is 9.59 Å². The number of carbonyl (C=O) groups is 2. The second kappa shape index (κ2) is 8.43. The van der Waals surface area contributed by atoms with E-state index in [0.29, 0.717) is 37.0 Å². The molecule has 25 heavy (non-hydrogen) atoms. The molecule has 0 aliphatic carbocycles. The maximum atomic E-state index is 12.6. The Kier molecular flexibility index (Phi) is 6.53. The van der Waals surface area contributed by atoms with Gasteiger partial charge < -0.3 is 19.9 Å². The van der Waals surface area contributed by atoms with Crippen LogP contribution >= 0.6 is 11.6 Å². The van der Waals surface area contributed by atoms with Crippen LogP contribution < -0.4 is 10.1 Å². The predicted molar refractivity (Wildman–Crippen MR) is 98.3 cm³/mol. The summed E-state index contributed by atoms with van der Waals surface area (Å²) < 4.78 is 5.36. The zero-order chi connectivity index (χ0) is 18.6. The Bertz CT molecular complexity index is 641. The minimum atomic E-state index is -0.0749. The molecule has 0 unspecified atom stereocenters. The van der Waals surface area contributed by atoms with E-state index in [2.05, 4.69) is 5.32 Å². The lowest BCUT2D eigenvalue weighted by atomic mass is 10.1. The lowest BCUT2D eigenvalue weighted by Gasteiger charge is -2.35. The third-order valence-corrected chi connectivity index (χ3v) is 4.64. The van der Waals surface area contributed by atoms with Crippen molar-refractivity contribution in [1.29, 1.82) is 0 Å². The molecule has 1 saturated heterocycles. The van der Waals surface area contributed by atoms with Crippen LogP contribution in [0.5, 0.6) is 5.75 Å². The molecule has 1 heterocycles. The zero-order valence-electron chi connectivity index (χ0n) is 15.3. The molecule has 0 atom stereocenters. The monoisotopic (exact) mass is 367 g/mol. The second-order valence-corrected chi connectivity index (χ2v) is 6.97. The fraction of sp³-hybridized carbons (Fsp3) is 0.556. The van der Waals surface area contributed by atoms with Gasteiger partial charge in [0.2, 0.25) is 5.91 Å². The van der Waals surface area contributed by atoms with Gasteiger partial charge in [-0.1, -0.05) is 11.6 Å². The van der Waals surface area contributed by atoms with E-state index in [0.717, 1.165) is 11.1 Å². The number of urea groups is 1. The minimum absolute atomic E-state index is 0.0159. The van der Waals surface area contributed by atoms with Crippen molar-refractivity contribution >= 4 is 23.5 Å². The molecule has 0 spiro atoms. The number of nitrogens with zero attached hydrogens (tertiary/aromatic N) is 2. The van der Waals surface area contributed by atoms with Crippen molar-refractivity contribution in [3.05, 3.63) is 28.3 Å². The molecule has 6 nitrogen and oxygen atoms in total. The third-order valence-electron chi connectivity index (χ3n) is 4.24. The highest BCUT2D eigenvalue weighted by Crippen LogP contribution is 2.27. The smallest absolute Gasteiger partial charge is 0.317 e. The predicted octanol–water partition coefficient (Wildman–Crippen LogP) is 2.46. The average molecular weight is 368 g/mol. The number of methoxy groups -OCH3 is 1. The van der Waals surface area contributed by atoms with Gasteiger partial charge in [-0.2, -0.15) is 0 Å². The zero-order valence-corrected chi connectivity index (χ0v) is 16.0. The van der Waals surface area contributed by atoms with Crippen molar-refractivity contribution in [1.82, 2.24) is 15.1 Å². The summed E-state index contributed by atoms with van der Waals surface area (Å²) in [7, 11) is 1.59. The number of halogens is 1. The van der Waals surface area contributed by atoms with Crippen molar-refractivity contribution in [2.45, 2.75) is 33.2 Å². The van der Waals surface area contributed by atoms with Crippen LogP contribution in [0.4, 0.5) is 4.79 Å². The number of piperazine rings is 1. The number of carbonyl (C=O) groups excluding carboxylic acids is 2. The minimum Gasteiger partial charge on any atom is -0.496 e. The molecule has 7 heteroatoms. The van der Waals surface area contributed by atoms with E-state index in [1.807, 2.05) is 26.8 Å². The van der Waals surface area contributed by atoms with Crippen molar-refractivity contribution in [3.63, 3.8) is 0 Å². The van der Waals surface area contributed by atoms with Gasteiger partial charge in [-0.25, -0.2) is 4.79 Å². The number of hydrogen-bond donors (Lipinski definition) is 1. The van der Waals surface area contributed by atoms with Crippen molar-refractivity contribution < 1.29 is 14.3 Å². The van der Waals surface area contributed by atoms with Gasteiger partial charge in [-0.05, 0) is 38.5 Å². The Morgan fingerprint density at radius 3 is 2.36 bits per heavy atom. The SMILES string of the molecule is COc1cc(C)c(Cl)cc1CC(=O)N1CCN(C(=O)NC(C)C)CC1. The van der Waals surface area contributed by atoms with E-state index in [4.69, 9.17) is 16.3 Å².